The van der Waals surface area contributed by atoms with Crippen molar-refractivity contribution in [3.63, 3.8) is 0 Å². The van der Waals surface area contributed by atoms with Crippen molar-refractivity contribution in [2.45, 2.75) is 62.4 Å². The van der Waals surface area contributed by atoms with E-state index in [0.717, 1.165) is 38.5 Å². The third-order valence-corrected chi connectivity index (χ3v) is 6.48. The van der Waals surface area contributed by atoms with Crippen LogP contribution >= 0.6 is 15.9 Å². The minimum absolute atomic E-state index is 0.269. The molecule has 0 aromatic rings. The topological polar surface area (TPSA) is 37.4 Å². The number of hydrogen-bond acceptors (Lipinski definition) is 2. The second-order valence-electron chi connectivity index (χ2n) is 4.95. The third-order valence-electron chi connectivity index (χ3n) is 3.69. The maximum absolute atomic E-state index is 12.2. The summed E-state index contributed by atoms with van der Waals surface area (Å²) < 4.78 is 26.3. The summed E-state index contributed by atoms with van der Waals surface area (Å²) in [5.41, 5.74) is 0. The van der Waals surface area contributed by atoms with Crippen LogP contribution in [-0.4, -0.2) is 35.4 Å². The number of rotatable bonds is 4. The molecule has 0 spiro atoms. The molecule has 2 heterocycles. The molecule has 0 amide bonds. The number of hydrogen-bond donors (Lipinski definition) is 0. The van der Waals surface area contributed by atoms with Crippen molar-refractivity contribution in [1.82, 2.24) is 4.31 Å². The van der Waals surface area contributed by atoms with Crippen LogP contribution in [0.4, 0.5) is 0 Å². The van der Waals surface area contributed by atoms with Gasteiger partial charge in [0, 0.05) is 16.9 Å². The van der Waals surface area contributed by atoms with E-state index in [1.807, 2.05) is 11.2 Å². The molecule has 2 atom stereocenters. The standard InChI is InChI=1S/C11H20BrNO2S/c1-2-3-6-16(14,15)13-10-4-5-11(13)8-9(12)7-10/h9-11H,2-8H2,1H3. The fourth-order valence-electron chi connectivity index (χ4n) is 2.95. The number of nitrogens with zero attached hydrogens (tertiary/aromatic N) is 1. The molecule has 0 aliphatic carbocycles. The predicted molar refractivity (Wildman–Crippen MR) is 69.3 cm³/mol. The second kappa shape index (κ2) is 4.94. The van der Waals surface area contributed by atoms with Crippen molar-refractivity contribution in [2.24, 2.45) is 0 Å². The minimum Gasteiger partial charge on any atom is -0.212 e. The Bertz CT molecular complexity index is 330. The Morgan fingerprint density at radius 2 is 1.81 bits per heavy atom. The first-order chi connectivity index (χ1) is 7.54. The lowest BCUT2D eigenvalue weighted by Gasteiger charge is -2.36. The summed E-state index contributed by atoms with van der Waals surface area (Å²) in [5.74, 6) is 0.337. The first-order valence-electron chi connectivity index (χ1n) is 6.20. The van der Waals surface area contributed by atoms with E-state index in [4.69, 9.17) is 0 Å². The summed E-state index contributed by atoms with van der Waals surface area (Å²) in [5, 5.41) is 0. The Morgan fingerprint density at radius 1 is 1.25 bits per heavy atom. The van der Waals surface area contributed by atoms with Gasteiger partial charge >= 0.3 is 0 Å². The molecule has 5 heteroatoms. The van der Waals surface area contributed by atoms with Gasteiger partial charge in [0.1, 0.15) is 0 Å². The SMILES string of the molecule is CCCCS(=O)(=O)N1C2CCC1CC(Br)C2. The highest BCUT2D eigenvalue weighted by Crippen LogP contribution is 2.40. The normalized spacial score (nSPS) is 35.5. The van der Waals surface area contributed by atoms with Gasteiger partial charge in [0.2, 0.25) is 10.0 Å². The van der Waals surface area contributed by atoms with Crippen molar-refractivity contribution >= 4 is 26.0 Å². The molecule has 2 aliphatic rings. The van der Waals surface area contributed by atoms with Gasteiger partial charge in [-0.15, -0.1) is 0 Å². The van der Waals surface area contributed by atoms with E-state index in [1.165, 1.54) is 0 Å². The van der Waals surface area contributed by atoms with Gasteiger partial charge < -0.3 is 0 Å². The molecule has 0 radical (unpaired) electrons. The van der Waals surface area contributed by atoms with Gasteiger partial charge in [-0.1, -0.05) is 29.3 Å². The maximum atomic E-state index is 12.2. The first kappa shape index (κ1) is 12.8. The second-order valence-corrected chi connectivity index (χ2v) is 8.24. The largest absolute Gasteiger partial charge is 0.214 e. The summed E-state index contributed by atoms with van der Waals surface area (Å²) in [6, 6.07) is 0.537. The van der Waals surface area contributed by atoms with Crippen LogP contribution in [0.25, 0.3) is 0 Å². The van der Waals surface area contributed by atoms with Gasteiger partial charge in [-0.25, -0.2) is 8.42 Å². The third kappa shape index (κ3) is 2.46. The molecule has 94 valence electrons. The summed E-state index contributed by atoms with van der Waals surface area (Å²) in [4.78, 5) is 0.516. The number of unbranched alkanes of at least 4 members (excludes halogenated alkanes) is 1. The van der Waals surface area contributed by atoms with Crippen molar-refractivity contribution in [2.75, 3.05) is 5.75 Å². The van der Waals surface area contributed by atoms with Crippen LogP contribution in [0.1, 0.15) is 45.4 Å². The summed E-state index contributed by atoms with van der Waals surface area (Å²) >= 11 is 3.63. The molecule has 2 bridgehead atoms. The zero-order valence-corrected chi connectivity index (χ0v) is 12.1. The summed E-state index contributed by atoms with van der Waals surface area (Å²) in [7, 11) is -2.99. The molecule has 2 rings (SSSR count). The highest BCUT2D eigenvalue weighted by molar-refractivity contribution is 9.09. The van der Waals surface area contributed by atoms with Crippen LogP contribution in [0, 0.1) is 0 Å². The van der Waals surface area contributed by atoms with E-state index >= 15 is 0 Å². The molecule has 0 aromatic carbocycles. The van der Waals surface area contributed by atoms with Crippen LogP contribution in [0.15, 0.2) is 0 Å². The van der Waals surface area contributed by atoms with Gasteiger partial charge in [0.15, 0.2) is 0 Å². The molecule has 2 saturated heterocycles. The van der Waals surface area contributed by atoms with Crippen LogP contribution in [-0.2, 0) is 10.0 Å². The molecular weight excluding hydrogens is 290 g/mol. The van der Waals surface area contributed by atoms with E-state index in [0.29, 0.717) is 10.6 Å². The smallest absolute Gasteiger partial charge is 0.212 e. The van der Waals surface area contributed by atoms with E-state index in [2.05, 4.69) is 15.9 Å². The first-order valence-corrected chi connectivity index (χ1v) is 8.72. The molecule has 0 aromatic heterocycles. The number of piperidine rings is 1. The quantitative estimate of drug-likeness (QED) is 0.748. The summed E-state index contributed by atoms with van der Waals surface area (Å²) in [6.45, 7) is 2.04. The molecule has 3 nitrogen and oxygen atoms in total. The van der Waals surface area contributed by atoms with Crippen molar-refractivity contribution in [1.29, 1.82) is 0 Å². The van der Waals surface area contributed by atoms with Gasteiger partial charge in [-0.2, -0.15) is 4.31 Å². The highest BCUT2D eigenvalue weighted by atomic mass is 79.9. The number of fused-ring (bicyclic) bond motifs is 2. The average Bonchev–Trinajstić information content (AvgIpc) is 2.50. The van der Waals surface area contributed by atoms with Gasteiger partial charge in [-0.05, 0) is 32.1 Å². The zero-order chi connectivity index (χ0) is 11.8. The Hall–Kier alpha value is 0.390. The van der Waals surface area contributed by atoms with Gasteiger partial charge in [-0.3, -0.25) is 0 Å². The van der Waals surface area contributed by atoms with Gasteiger partial charge in [0.05, 0.1) is 5.75 Å². The maximum Gasteiger partial charge on any atom is 0.214 e. The number of sulfonamides is 1. The molecule has 0 saturated carbocycles. The zero-order valence-electron chi connectivity index (χ0n) is 9.73. The molecule has 2 unspecified atom stereocenters. The van der Waals surface area contributed by atoms with E-state index < -0.39 is 10.0 Å². The molecule has 2 aliphatic heterocycles. The van der Waals surface area contributed by atoms with Crippen LogP contribution in [0.3, 0.4) is 0 Å². The Morgan fingerprint density at radius 3 is 2.31 bits per heavy atom. The number of halogens is 1. The monoisotopic (exact) mass is 309 g/mol. The van der Waals surface area contributed by atoms with Crippen LogP contribution < -0.4 is 0 Å². The fraction of sp³-hybridized carbons (Fsp3) is 1.00. The van der Waals surface area contributed by atoms with Crippen molar-refractivity contribution < 1.29 is 8.42 Å². The van der Waals surface area contributed by atoms with E-state index in [9.17, 15) is 8.42 Å². The molecular formula is C11H20BrNO2S. The molecule has 0 N–H and O–H groups in total. The summed E-state index contributed by atoms with van der Waals surface area (Å²) in [6.07, 6.45) is 5.82. The van der Waals surface area contributed by atoms with Crippen LogP contribution in [0.5, 0.6) is 0 Å². The Balaban J connectivity index is 2.10. The molecule has 16 heavy (non-hydrogen) atoms. The van der Waals surface area contributed by atoms with Crippen molar-refractivity contribution in [3.8, 4) is 0 Å². The average molecular weight is 310 g/mol. The van der Waals surface area contributed by atoms with Crippen LogP contribution in [0.2, 0.25) is 0 Å². The van der Waals surface area contributed by atoms with E-state index in [-0.39, 0.29) is 12.1 Å². The van der Waals surface area contributed by atoms with E-state index in [1.54, 1.807) is 0 Å². The lowest BCUT2D eigenvalue weighted by molar-refractivity contribution is 0.255. The molecule has 2 fully saturated rings. The predicted octanol–water partition coefficient (Wildman–Crippen LogP) is 2.51. The fourth-order valence-corrected chi connectivity index (χ4v) is 5.97. The lowest BCUT2D eigenvalue weighted by atomic mass is 10.1. The lowest BCUT2D eigenvalue weighted by Crippen LogP contribution is -2.47. The van der Waals surface area contributed by atoms with Gasteiger partial charge in [0.25, 0.3) is 0 Å². The van der Waals surface area contributed by atoms with Crippen molar-refractivity contribution in [3.05, 3.63) is 0 Å². The Labute approximate surface area is 107 Å². The highest BCUT2D eigenvalue weighted by Gasteiger charge is 2.45. The minimum atomic E-state index is -2.99. The number of alkyl halides is 1. The Kier molecular flexibility index (Phi) is 3.97.